The number of alkyl carbamates (subject to hydrolysis) is 2. The molecule has 258 valence electrons. The van der Waals surface area contributed by atoms with E-state index in [-0.39, 0.29) is 25.0 Å². The highest BCUT2D eigenvalue weighted by Gasteiger charge is 2.35. The monoisotopic (exact) mass is 662 g/mol. The molecule has 1 saturated carbocycles. The summed E-state index contributed by atoms with van der Waals surface area (Å²) in [5.41, 5.74) is 1.48. The first-order valence-electron chi connectivity index (χ1n) is 16.3. The van der Waals surface area contributed by atoms with Gasteiger partial charge in [-0.3, -0.25) is 20.3 Å². The Balaban J connectivity index is 1.71. The number of ether oxygens (including phenoxy) is 3. The summed E-state index contributed by atoms with van der Waals surface area (Å²) in [5.74, 6) is -0.633. The molecule has 1 aliphatic carbocycles. The van der Waals surface area contributed by atoms with Crippen molar-refractivity contribution in [2.45, 2.75) is 91.8 Å². The summed E-state index contributed by atoms with van der Waals surface area (Å²) in [6, 6.07) is 13.7. The average molecular weight is 663 g/mol. The first-order valence-corrected chi connectivity index (χ1v) is 16.3. The molecule has 0 spiro atoms. The van der Waals surface area contributed by atoms with E-state index in [1.807, 2.05) is 24.3 Å². The zero-order chi connectivity index (χ0) is 35.1. The van der Waals surface area contributed by atoms with Crippen molar-refractivity contribution in [2.75, 3.05) is 18.1 Å². The van der Waals surface area contributed by atoms with Gasteiger partial charge in [0.15, 0.2) is 0 Å². The lowest BCUT2D eigenvalue weighted by Gasteiger charge is -2.26. The maximum absolute atomic E-state index is 14.2. The number of nitrogens with one attached hydrogen (secondary N) is 2. The van der Waals surface area contributed by atoms with Crippen LogP contribution < -0.4 is 15.5 Å². The van der Waals surface area contributed by atoms with E-state index in [0.717, 1.165) is 43.4 Å². The molecule has 0 unspecified atom stereocenters. The number of carbonyl (C=O) groups is 4. The maximum Gasteiger partial charge on any atom is 0.414 e. The summed E-state index contributed by atoms with van der Waals surface area (Å²) in [4.78, 5) is 57.9. The van der Waals surface area contributed by atoms with Crippen molar-refractivity contribution in [1.82, 2.24) is 15.6 Å². The Hall–Kier alpha value is -4.94. The topological polar surface area (TPSA) is 151 Å². The molecule has 13 nitrogen and oxygen atoms in total. The highest BCUT2D eigenvalue weighted by Crippen LogP contribution is 2.37. The average Bonchev–Trinajstić information content (AvgIpc) is 3.10. The Morgan fingerprint density at radius 3 is 2.02 bits per heavy atom. The molecule has 1 aliphatic heterocycles. The molecule has 48 heavy (non-hydrogen) atoms. The fraction of sp³-hybridized carbons (Fsp3) is 0.486. The van der Waals surface area contributed by atoms with Crippen molar-refractivity contribution in [3.8, 4) is 0 Å². The van der Waals surface area contributed by atoms with Crippen LogP contribution in [0.1, 0.15) is 86.1 Å². The second kappa shape index (κ2) is 15.3. The van der Waals surface area contributed by atoms with Crippen molar-refractivity contribution in [2.24, 2.45) is 16.0 Å². The van der Waals surface area contributed by atoms with Crippen LogP contribution in [0, 0.1) is 5.92 Å². The van der Waals surface area contributed by atoms with Crippen molar-refractivity contribution >= 4 is 52.9 Å². The molecule has 13 heteroatoms. The summed E-state index contributed by atoms with van der Waals surface area (Å²) >= 11 is 0. The molecule has 4 amide bonds. The lowest BCUT2D eigenvalue weighted by atomic mass is 9.83. The number of hydrogen-bond acceptors (Lipinski definition) is 9. The number of hydrogen-bond donors (Lipinski definition) is 2. The van der Waals surface area contributed by atoms with E-state index < -0.39 is 35.4 Å². The third-order valence-electron chi connectivity index (χ3n) is 7.23. The van der Waals surface area contributed by atoms with Crippen LogP contribution in [0.3, 0.4) is 0 Å². The predicted octanol–water partition coefficient (Wildman–Crippen LogP) is 7.14. The van der Waals surface area contributed by atoms with Gasteiger partial charge in [0, 0.05) is 11.5 Å². The van der Waals surface area contributed by atoms with Crippen LogP contribution in [0.2, 0.25) is 0 Å². The standard InChI is InChI=1S/C35H46N6O7/c1-8-46-28(42)22-40-33(45)41(27-17-13-12-16-26(27)29(39-40)23-14-10-9-11-15-23)25-20-18-24(19-21-25)36-30(37-31(43)47-34(2,3)4)38-32(44)48-35(5,6)7/h12-13,16-21,23H,8-11,14-15,22H2,1-7H3,(H2,36,37,38,43,44). The van der Waals surface area contributed by atoms with E-state index in [0.29, 0.717) is 17.1 Å². The van der Waals surface area contributed by atoms with Gasteiger partial charge in [0.05, 0.1) is 29.4 Å². The number of nitrogens with zero attached hydrogens (tertiary/aromatic N) is 4. The van der Waals surface area contributed by atoms with Gasteiger partial charge in [0.1, 0.15) is 17.7 Å². The third kappa shape index (κ3) is 10.0. The van der Waals surface area contributed by atoms with E-state index in [2.05, 4.69) is 15.6 Å². The highest BCUT2D eigenvalue weighted by molar-refractivity contribution is 6.14. The molecular formula is C35H46N6O7. The van der Waals surface area contributed by atoms with Gasteiger partial charge in [-0.1, -0.05) is 37.5 Å². The van der Waals surface area contributed by atoms with Gasteiger partial charge < -0.3 is 14.2 Å². The predicted molar refractivity (Wildman–Crippen MR) is 183 cm³/mol. The van der Waals surface area contributed by atoms with Crippen molar-refractivity contribution in [3.63, 3.8) is 0 Å². The van der Waals surface area contributed by atoms with Crippen molar-refractivity contribution in [1.29, 1.82) is 0 Å². The first-order chi connectivity index (χ1) is 22.6. The Labute approximate surface area is 281 Å². The maximum atomic E-state index is 14.2. The molecule has 2 aromatic rings. The number of rotatable bonds is 6. The smallest absolute Gasteiger partial charge is 0.414 e. The molecule has 0 aromatic heterocycles. The van der Waals surface area contributed by atoms with Gasteiger partial charge in [0.25, 0.3) is 0 Å². The number of hydrazone groups is 1. The number of anilines is 2. The number of benzene rings is 2. The number of aliphatic imine (C=N–C) groups is 1. The minimum Gasteiger partial charge on any atom is -0.465 e. The Kier molecular flexibility index (Phi) is 11.5. The van der Waals surface area contributed by atoms with Crippen LogP contribution in [0.5, 0.6) is 0 Å². The van der Waals surface area contributed by atoms with Crippen LogP contribution in [0.25, 0.3) is 0 Å². The van der Waals surface area contributed by atoms with Crippen LogP contribution in [0.4, 0.5) is 31.4 Å². The van der Waals surface area contributed by atoms with Gasteiger partial charge in [-0.05, 0) is 91.6 Å². The van der Waals surface area contributed by atoms with E-state index in [1.54, 1.807) is 72.7 Å². The van der Waals surface area contributed by atoms with E-state index in [4.69, 9.17) is 19.3 Å². The number of guanidine groups is 1. The molecule has 0 saturated heterocycles. The second-order valence-corrected chi connectivity index (χ2v) is 13.5. The van der Waals surface area contributed by atoms with Gasteiger partial charge in [-0.2, -0.15) is 5.10 Å². The number of carbonyl (C=O) groups excluding carboxylic acids is 4. The summed E-state index contributed by atoms with van der Waals surface area (Å²) in [5, 5.41) is 10.9. The molecule has 4 rings (SSSR count). The summed E-state index contributed by atoms with van der Waals surface area (Å²) in [6.45, 7) is 11.8. The fourth-order valence-electron chi connectivity index (χ4n) is 5.38. The van der Waals surface area contributed by atoms with Gasteiger partial charge >= 0.3 is 24.2 Å². The van der Waals surface area contributed by atoms with Crippen LogP contribution in [-0.4, -0.2) is 65.2 Å². The quantitative estimate of drug-likeness (QED) is 0.144. The third-order valence-corrected chi connectivity index (χ3v) is 7.23. The molecule has 0 radical (unpaired) electrons. The summed E-state index contributed by atoms with van der Waals surface area (Å²) in [7, 11) is 0. The van der Waals surface area contributed by atoms with E-state index in [9.17, 15) is 19.2 Å². The van der Waals surface area contributed by atoms with Crippen LogP contribution in [-0.2, 0) is 19.0 Å². The molecule has 0 atom stereocenters. The molecule has 2 aromatic carbocycles. The van der Waals surface area contributed by atoms with Gasteiger partial charge in [-0.25, -0.2) is 24.4 Å². The lowest BCUT2D eigenvalue weighted by molar-refractivity contribution is -0.143. The normalized spacial score (nSPS) is 15.4. The summed E-state index contributed by atoms with van der Waals surface area (Å²) < 4.78 is 15.8. The van der Waals surface area contributed by atoms with Crippen molar-refractivity contribution in [3.05, 3.63) is 54.1 Å². The zero-order valence-corrected chi connectivity index (χ0v) is 28.8. The minimum absolute atomic E-state index is 0.141. The van der Waals surface area contributed by atoms with E-state index >= 15 is 0 Å². The van der Waals surface area contributed by atoms with Gasteiger partial charge in [0.2, 0.25) is 5.96 Å². The number of para-hydroxylation sites is 1. The van der Waals surface area contributed by atoms with Crippen molar-refractivity contribution < 1.29 is 33.4 Å². The van der Waals surface area contributed by atoms with Crippen LogP contribution >= 0.6 is 0 Å². The Morgan fingerprint density at radius 1 is 0.875 bits per heavy atom. The van der Waals surface area contributed by atoms with E-state index in [1.165, 1.54) is 9.91 Å². The summed E-state index contributed by atoms with van der Waals surface area (Å²) in [6.07, 6.45) is 3.53. The Morgan fingerprint density at radius 2 is 1.46 bits per heavy atom. The SMILES string of the molecule is CCOC(=O)CN1N=C(C2CCCCC2)c2ccccc2N(c2ccc(N=C(NC(=O)OC(C)(C)C)NC(=O)OC(C)(C)C)cc2)C1=O. The van der Waals surface area contributed by atoms with Crippen LogP contribution in [0.15, 0.2) is 58.6 Å². The number of fused-ring (bicyclic) bond motifs is 1. The molecule has 1 fully saturated rings. The number of esters is 1. The zero-order valence-electron chi connectivity index (χ0n) is 28.8. The molecule has 2 aliphatic rings. The number of amides is 4. The Bertz CT molecular complexity index is 1520. The largest absolute Gasteiger partial charge is 0.465 e. The lowest BCUT2D eigenvalue weighted by Crippen LogP contribution is -2.47. The number of urea groups is 1. The minimum atomic E-state index is -0.823. The molecule has 1 heterocycles. The molecule has 2 N–H and O–H groups in total. The molecular weight excluding hydrogens is 616 g/mol. The second-order valence-electron chi connectivity index (χ2n) is 13.5. The first kappa shape index (κ1) is 35.9. The highest BCUT2D eigenvalue weighted by atomic mass is 16.6. The molecule has 0 bridgehead atoms. The van der Waals surface area contributed by atoms with Gasteiger partial charge in [-0.15, -0.1) is 0 Å². The fourth-order valence-corrected chi connectivity index (χ4v) is 5.38.